The number of ether oxygens (including phenoxy) is 1. The summed E-state index contributed by atoms with van der Waals surface area (Å²) in [5.74, 6) is 0.707. The van der Waals surface area contributed by atoms with Crippen molar-refractivity contribution >= 4 is 40.8 Å². The Morgan fingerprint density at radius 3 is 2.48 bits per heavy atom. The summed E-state index contributed by atoms with van der Waals surface area (Å²) in [6.07, 6.45) is 4.28. The number of rotatable bonds is 5. The van der Waals surface area contributed by atoms with Crippen LogP contribution in [0.1, 0.15) is 22.4 Å². The van der Waals surface area contributed by atoms with E-state index in [0.29, 0.717) is 30.0 Å². The van der Waals surface area contributed by atoms with Crippen LogP contribution in [0.4, 0.5) is 0 Å². The summed E-state index contributed by atoms with van der Waals surface area (Å²) in [6.45, 7) is 0. The zero-order chi connectivity index (χ0) is 20.4. The van der Waals surface area contributed by atoms with Crippen LogP contribution in [-0.4, -0.2) is 16.9 Å². The quantitative estimate of drug-likeness (QED) is 0.509. The van der Waals surface area contributed by atoms with Crippen LogP contribution in [-0.2, 0) is 22.4 Å². The molecule has 0 bridgehead atoms. The van der Waals surface area contributed by atoms with E-state index in [9.17, 15) is 9.59 Å². The van der Waals surface area contributed by atoms with Gasteiger partial charge in [-0.3, -0.25) is 4.79 Å². The van der Waals surface area contributed by atoms with Crippen molar-refractivity contribution in [1.82, 2.24) is 0 Å². The van der Waals surface area contributed by atoms with E-state index in [0.717, 1.165) is 38.3 Å². The zero-order valence-corrected chi connectivity index (χ0v) is 16.9. The lowest BCUT2D eigenvalue weighted by Gasteiger charge is -2.14. The Hall–Kier alpha value is -2.89. The molecular formula is C23H17ClO4S. The number of fused-ring (bicyclic) bond motifs is 1. The highest BCUT2D eigenvalue weighted by Gasteiger charge is 2.26. The third-order valence-electron chi connectivity index (χ3n) is 4.68. The molecule has 0 saturated carbocycles. The molecule has 1 aromatic heterocycles. The number of Topliss-reactive ketones (excluding diaryl/α,β-unsaturated/α-hetero) is 1. The number of carboxylic acids is 1. The zero-order valence-electron chi connectivity index (χ0n) is 15.4. The van der Waals surface area contributed by atoms with Gasteiger partial charge in [0, 0.05) is 34.4 Å². The molecule has 29 heavy (non-hydrogen) atoms. The van der Waals surface area contributed by atoms with Crippen molar-refractivity contribution in [2.45, 2.75) is 19.3 Å². The molecule has 3 aromatic rings. The third-order valence-corrected chi connectivity index (χ3v) is 6.19. The van der Waals surface area contributed by atoms with Crippen LogP contribution in [0, 0.1) is 0 Å². The third kappa shape index (κ3) is 4.42. The first-order valence-electron chi connectivity index (χ1n) is 9.10. The number of thiophene rings is 1. The molecule has 0 radical (unpaired) electrons. The van der Waals surface area contributed by atoms with Gasteiger partial charge >= 0.3 is 5.97 Å². The number of benzene rings is 2. The smallest absolute Gasteiger partial charge is 0.328 e. The molecule has 2 aromatic carbocycles. The monoisotopic (exact) mass is 424 g/mol. The van der Waals surface area contributed by atoms with Crippen LogP contribution in [0.5, 0.6) is 11.5 Å². The normalized spacial score (nSPS) is 13.5. The van der Waals surface area contributed by atoms with E-state index in [-0.39, 0.29) is 5.78 Å². The molecule has 1 heterocycles. The van der Waals surface area contributed by atoms with Gasteiger partial charge in [0.15, 0.2) is 0 Å². The Kier molecular flexibility index (Phi) is 5.51. The highest BCUT2D eigenvalue weighted by Crippen LogP contribution is 2.47. The number of carboxylic acid groups (broad SMARTS) is 1. The summed E-state index contributed by atoms with van der Waals surface area (Å²) >= 11 is 7.63. The second-order valence-electron chi connectivity index (χ2n) is 6.73. The van der Waals surface area contributed by atoms with E-state index in [1.54, 1.807) is 23.5 Å². The maximum atomic E-state index is 11.9. The second kappa shape index (κ2) is 8.23. The van der Waals surface area contributed by atoms with Crippen molar-refractivity contribution in [2.24, 2.45) is 0 Å². The van der Waals surface area contributed by atoms with Gasteiger partial charge in [-0.2, -0.15) is 0 Å². The second-order valence-corrected chi connectivity index (χ2v) is 8.27. The summed E-state index contributed by atoms with van der Waals surface area (Å²) in [5.41, 5.74) is 2.86. The SMILES string of the molecule is O=C(O)C=Cc1ccc(Oc2c(-c3ccc(Cl)cc3)sc3c2CCC(=O)C3)cc1. The lowest BCUT2D eigenvalue weighted by Crippen LogP contribution is -2.11. The molecule has 0 unspecified atom stereocenters. The predicted octanol–water partition coefficient (Wildman–Crippen LogP) is 6.02. The van der Waals surface area contributed by atoms with Crippen molar-refractivity contribution in [1.29, 1.82) is 0 Å². The minimum atomic E-state index is -0.989. The van der Waals surface area contributed by atoms with Crippen molar-refractivity contribution in [3.8, 4) is 21.9 Å². The fourth-order valence-corrected chi connectivity index (χ4v) is 4.69. The minimum absolute atomic E-state index is 0.252. The van der Waals surface area contributed by atoms with Gasteiger partial charge in [-0.1, -0.05) is 35.9 Å². The molecule has 4 nitrogen and oxygen atoms in total. The Bertz CT molecular complexity index is 1100. The Morgan fingerprint density at radius 1 is 1.07 bits per heavy atom. The summed E-state index contributed by atoms with van der Waals surface area (Å²) in [6, 6.07) is 14.8. The maximum Gasteiger partial charge on any atom is 0.328 e. The van der Waals surface area contributed by atoms with E-state index in [1.165, 1.54) is 6.08 Å². The number of hydrogen-bond donors (Lipinski definition) is 1. The van der Waals surface area contributed by atoms with Gasteiger partial charge in [-0.25, -0.2) is 4.79 Å². The Morgan fingerprint density at radius 2 is 1.79 bits per heavy atom. The molecule has 0 atom stereocenters. The van der Waals surface area contributed by atoms with Crippen LogP contribution in [0.2, 0.25) is 5.02 Å². The molecule has 4 rings (SSSR count). The van der Waals surface area contributed by atoms with E-state index in [4.69, 9.17) is 21.4 Å². The van der Waals surface area contributed by atoms with Crippen LogP contribution in [0.3, 0.4) is 0 Å². The molecule has 0 saturated heterocycles. The van der Waals surface area contributed by atoms with Crippen molar-refractivity contribution in [3.63, 3.8) is 0 Å². The lowest BCUT2D eigenvalue weighted by molar-refractivity contribution is -0.131. The molecule has 1 N–H and O–H groups in total. The predicted molar refractivity (Wildman–Crippen MR) is 115 cm³/mol. The van der Waals surface area contributed by atoms with Crippen LogP contribution < -0.4 is 4.74 Å². The van der Waals surface area contributed by atoms with Crippen LogP contribution in [0.15, 0.2) is 54.6 Å². The van der Waals surface area contributed by atoms with Gasteiger partial charge in [0.1, 0.15) is 17.3 Å². The number of ketones is 1. The largest absolute Gasteiger partial charge is 0.478 e. The molecule has 0 amide bonds. The van der Waals surface area contributed by atoms with E-state index in [1.807, 2.05) is 36.4 Å². The average Bonchev–Trinajstić information content (AvgIpc) is 3.05. The highest BCUT2D eigenvalue weighted by molar-refractivity contribution is 7.16. The summed E-state index contributed by atoms with van der Waals surface area (Å²) in [4.78, 5) is 24.6. The summed E-state index contributed by atoms with van der Waals surface area (Å²) in [7, 11) is 0. The topological polar surface area (TPSA) is 63.6 Å². The molecule has 6 heteroatoms. The number of carbonyl (C=O) groups excluding carboxylic acids is 1. The number of hydrogen-bond acceptors (Lipinski definition) is 4. The summed E-state index contributed by atoms with van der Waals surface area (Å²) in [5, 5.41) is 9.41. The van der Waals surface area contributed by atoms with Crippen LogP contribution >= 0.6 is 22.9 Å². The molecular weight excluding hydrogens is 408 g/mol. The van der Waals surface area contributed by atoms with E-state index >= 15 is 0 Å². The molecule has 0 aliphatic heterocycles. The van der Waals surface area contributed by atoms with Gasteiger partial charge in [0.25, 0.3) is 0 Å². The van der Waals surface area contributed by atoms with Crippen molar-refractivity contribution < 1.29 is 19.4 Å². The first kappa shape index (κ1) is 19.4. The molecule has 1 aliphatic carbocycles. The Labute approximate surface area is 177 Å². The number of aliphatic carboxylic acids is 1. The van der Waals surface area contributed by atoms with Gasteiger partial charge in [0.2, 0.25) is 0 Å². The van der Waals surface area contributed by atoms with Crippen LogP contribution in [0.25, 0.3) is 16.5 Å². The number of halogens is 1. The first-order chi connectivity index (χ1) is 14.0. The average molecular weight is 425 g/mol. The lowest BCUT2D eigenvalue weighted by atomic mass is 9.96. The summed E-state index contributed by atoms with van der Waals surface area (Å²) < 4.78 is 6.27. The molecule has 146 valence electrons. The first-order valence-corrected chi connectivity index (χ1v) is 10.3. The number of carbonyl (C=O) groups is 2. The fourth-order valence-electron chi connectivity index (χ4n) is 3.25. The standard InChI is InChI=1S/C23H17ClO4S/c24-16-6-4-15(5-7-16)23-22(19-11-8-17(25)13-20(19)29-23)28-18-9-1-14(2-10-18)3-12-21(26)27/h1-7,9-10,12H,8,11,13H2,(H,26,27). The molecule has 0 fully saturated rings. The molecule has 0 spiro atoms. The maximum absolute atomic E-state index is 11.9. The fraction of sp³-hybridized carbons (Fsp3) is 0.130. The van der Waals surface area contributed by atoms with E-state index in [2.05, 4.69) is 0 Å². The van der Waals surface area contributed by atoms with Gasteiger partial charge in [-0.05, 0) is 47.9 Å². The van der Waals surface area contributed by atoms with Crippen molar-refractivity contribution in [2.75, 3.05) is 0 Å². The van der Waals surface area contributed by atoms with Crippen molar-refractivity contribution in [3.05, 3.63) is 75.6 Å². The van der Waals surface area contributed by atoms with E-state index < -0.39 is 5.97 Å². The minimum Gasteiger partial charge on any atom is -0.478 e. The Balaban J connectivity index is 1.69. The molecule has 1 aliphatic rings. The highest BCUT2D eigenvalue weighted by atomic mass is 35.5. The van der Waals surface area contributed by atoms with Gasteiger partial charge < -0.3 is 9.84 Å². The van der Waals surface area contributed by atoms with Gasteiger partial charge in [0.05, 0.1) is 4.88 Å². The van der Waals surface area contributed by atoms with Gasteiger partial charge in [-0.15, -0.1) is 11.3 Å².